The first kappa shape index (κ1) is 50.7. The van der Waals surface area contributed by atoms with Crippen LogP contribution in [0.5, 0.6) is 17.2 Å². The second-order valence-electron chi connectivity index (χ2n) is 18.2. The van der Waals surface area contributed by atoms with E-state index in [-0.39, 0.29) is 71.5 Å². The maximum atomic E-state index is 14.5. The molecule has 68 heavy (non-hydrogen) atoms. The molecule has 370 valence electrons. The number of esters is 4. The molecule has 0 saturated carbocycles. The van der Waals surface area contributed by atoms with Gasteiger partial charge in [0, 0.05) is 81.7 Å². The van der Waals surface area contributed by atoms with E-state index in [4.69, 9.17) is 47.4 Å². The number of aliphatic hydroxyl groups is 1. The van der Waals surface area contributed by atoms with Gasteiger partial charge in [-0.1, -0.05) is 6.92 Å². The van der Waals surface area contributed by atoms with E-state index in [2.05, 4.69) is 0 Å². The van der Waals surface area contributed by atoms with Crippen molar-refractivity contribution in [1.82, 2.24) is 4.90 Å². The molecule has 20 nitrogen and oxygen atoms in total. The molecule has 5 aliphatic rings. The summed E-state index contributed by atoms with van der Waals surface area (Å²) in [7, 11) is 4.81. The molecule has 0 aromatic heterocycles. The van der Waals surface area contributed by atoms with Gasteiger partial charge in [-0.15, -0.1) is 0 Å². The van der Waals surface area contributed by atoms with E-state index in [9.17, 15) is 43.8 Å². The third kappa shape index (κ3) is 9.96. The number of rotatable bonds is 12. The van der Waals surface area contributed by atoms with Gasteiger partial charge in [-0.05, 0) is 59.0 Å². The number of phenols is 1. The zero-order valence-corrected chi connectivity index (χ0v) is 39.7. The molecule has 2 aliphatic carbocycles. The standard InChI is InChI=1S/C48H59NO19/c1-11-48(58)19-34(38-27(41(48)47(57)59-10)16-29-40(43(38)55)44(56)39-28(42(29)54)14-26(63-23(5)50)15-32(39)64-24(6)51)66-36-17-30(49(8)9)45(21(3)61-36)68-37-18-33(65-25(7)52)46(22(4)62-37)67-35-13-12-31(53)20(2)60-35/h14-16,20-22,30,33-37,41,45-46,55,58H,11-13,17-19H2,1-10H3. The Hall–Kier alpha value is -5.19. The van der Waals surface area contributed by atoms with Crippen LogP contribution in [0.1, 0.15) is 142 Å². The molecule has 3 fully saturated rings. The van der Waals surface area contributed by atoms with Crippen molar-refractivity contribution < 1.29 is 91.1 Å². The minimum atomic E-state index is -1.86. The van der Waals surface area contributed by atoms with Crippen molar-refractivity contribution in [2.75, 3.05) is 21.2 Å². The highest BCUT2D eigenvalue weighted by Gasteiger charge is 2.54. The number of likely N-dealkylation sites (N-methyl/N-ethyl adjacent to an activating group) is 1. The normalized spacial score (nSPS) is 32.4. The molecule has 0 bridgehead atoms. The predicted molar refractivity (Wildman–Crippen MR) is 232 cm³/mol. The molecule has 3 heterocycles. The Balaban J connectivity index is 1.19. The Kier molecular flexibility index (Phi) is 14.9. The lowest BCUT2D eigenvalue weighted by Crippen LogP contribution is -2.58. The van der Waals surface area contributed by atoms with Crippen LogP contribution in [-0.4, -0.2) is 145 Å². The molecule has 2 N–H and O–H groups in total. The molecule has 3 aliphatic heterocycles. The van der Waals surface area contributed by atoms with Crippen LogP contribution in [0.4, 0.5) is 0 Å². The summed E-state index contributed by atoms with van der Waals surface area (Å²) in [6.07, 6.45) is -7.45. The quantitative estimate of drug-likeness (QED) is 0.193. The number of ketones is 3. The number of methoxy groups -OCH3 is 1. The van der Waals surface area contributed by atoms with E-state index in [0.717, 1.165) is 33.1 Å². The number of carbonyl (C=O) groups excluding carboxylic acids is 7. The summed E-state index contributed by atoms with van der Waals surface area (Å²) in [6.45, 7) is 10.3. The van der Waals surface area contributed by atoms with Crippen LogP contribution in [0.15, 0.2) is 18.2 Å². The summed E-state index contributed by atoms with van der Waals surface area (Å²) in [6, 6.07) is 3.08. The third-order valence-electron chi connectivity index (χ3n) is 13.3. The number of hydrogen-bond acceptors (Lipinski definition) is 20. The van der Waals surface area contributed by atoms with E-state index in [1.165, 1.54) is 13.0 Å². The molecule has 2 aromatic carbocycles. The van der Waals surface area contributed by atoms with Gasteiger partial charge in [-0.25, -0.2) is 0 Å². The van der Waals surface area contributed by atoms with E-state index in [1.807, 2.05) is 19.0 Å². The first-order valence-electron chi connectivity index (χ1n) is 22.7. The van der Waals surface area contributed by atoms with Crippen molar-refractivity contribution in [3.63, 3.8) is 0 Å². The fourth-order valence-corrected chi connectivity index (χ4v) is 10.1. The molecule has 0 amide bonds. The van der Waals surface area contributed by atoms with Gasteiger partial charge in [0.05, 0.1) is 42.1 Å². The molecular formula is C48H59NO19. The predicted octanol–water partition coefficient (Wildman–Crippen LogP) is 3.87. The Labute approximate surface area is 392 Å². The lowest BCUT2D eigenvalue weighted by molar-refractivity contribution is -0.325. The van der Waals surface area contributed by atoms with Crippen molar-refractivity contribution in [3.8, 4) is 17.2 Å². The summed E-state index contributed by atoms with van der Waals surface area (Å²) < 4.78 is 59.6. The molecule has 7 rings (SSSR count). The summed E-state index contributed by atoms with van der Waals surface area (Å²) in [4.78, 5) is 93.0. The van der Waals surface area contributed by atoms with Gasteiger partial charge in [-0.2, -0.15) is 0 Å². The van der Waals surface area contributed by atoms with Crippen molar-refractivity contribution in [2.24, 2.45) is 0 Å². The highest BCUT2D eigenvalue weighted by Crippen LogP contribution is 2.54. The summed E-state index contributed by atoms with van der Waals surface area (Å²) in [5.41, 5.74) is -3.45. The van der Waals surface area contributed by atoms with Gasteiger partial charge in [0.1, 0.15) is 47.6 Å². The van der Waals surface area contributed by atoms with E-state index >= 15 is 0 Å². The van der Waals surface area contributed by atoms with Crippen molar-refractivity contribution in [1.29, 1.82) is 0 Å². The fraction of sp³-hybridized carbons (Fsp3) is 0.604. The van der Waals surface area contributed by atoms with Crippen molar-refractivity contribution >= 4 is 41.2 Å². The molecule has 13 unspecified atom stereocenters. The highest BCUT2D eigenvalue weighted by atomic mass is 16.7. The van der Waals surface area contributed by atoms with Crippen LogP contribution < -0.4 is 9.47 Å². The van der Waals surface area contributed by atoms with Crippen molar-refractivity contribution in [2.45, 2.75) is 166 Å². The van der Waals surface area contributed by atoms with Gasteiger partial charge in [0.25, 0.3) is 0 Å². The number of aromatic hydroxyl groups is 1. The van der Waals surface area contributed by atoms with Gasteiger partial charge >= 0.3 is 23.9 Å². The van der Waals surface area contributed by atoms with Crippen LogP contribution in [-0.2, 0) is 61.9 Å². The van der Waals surface area contributed by atoms with Gasteiger partial charge in [0.2, 0.25) is 5.78 Å². The van der Waals surface area contributed by atoms with Crippen LogP contribution in [0, 0.1) is 0 Å². The minimum Gasteiger partial charge on any atom is -0.507 e. The molecule has 3 saturated heterocycles. The van der Waals surface area contributed by atoms with Crippen LogP contribution in [0.25, 0.3) is 0 Å². The van der Waals surface area contributed by atoms with Crippen LogP contribution in [0.3, 0.4) is 0 Å². The number of carbonyl (C=O) groups is 7. The zero-order valence-electron chi connectivity index (χ0n) is 39.7. The van der Waals surface area contributed by atoms with E-state index in [0.29, 0.717) is 6.42 Å². The summed E-state index contributed by atoms with van der Waals surface area (Å²) >= 11 is 0. The maximum absolute atomic E-state index is 14.5. The van der Waals surface area contributed by atoms with Gasteiger partial charge in [0.15, 0.2) is 30.4 Å². The molecule has 0 radical (unpaired) electrons. The highest BCUT2D eigenvalue weighted by molar-refractivity contribution is 6.30. The van der Waals surface area contributed by atoms with Crippen LogP contribution >= 0.6 is 0 Å². The number of nitrogens with zero attached hydrogens (tertiary/aromatic N) is 1. The first-order chi connectivity index (χ1) is 32.0. The molecule has 0 spiro atoms. The number of benzene rings is 2. The lowest BCUT2D eigenvalue weighted by Gasteiger charge is -2.48. The second kappa shape index (κ2) is 20.0. The Morgan fingerprint density at radius 3 is 2.03 bits per heavy atom. The third-order valence-corrected chi connectivity index (χ3v) is 13.3. The zero-order chi connectivity index (χ0) is 49.7. The van der Waals surface area contributed by atoms with Gasteiger partial charge < -0.3 is 62.5 Å². The topological polar surface area (TPSA) is 255 Å². The van der Waals surface area contributed by atoms with E-state index < -0.39 is 132 Å². The maximum Gasteiger partial charge on any atom is 0.316 e. The largest absolute Gasteiger partial charge is 0.507 e. The Morgan fingerprint density at radius 1 is 0.794 bits per heavy atom. The monoisotopic (exact) mass is 953 g/mol. The molecule has 13 atom stereocenters. The number of hydrogen-bond donors (Lipinski definition) is 2. The van der Waals surface area contributed by atoms with Crippen molar-refractivity contribution in [3.05, 3.63) is 51.6 Å². The number of fused-ring (bicyclic) bond motifs is 3. The number of ether oxygens (including phenoxy) is 10. The number of Topliss-reactive ketones (excluding diaryl/α,β-unsaturated/α-hetero) is 1. The summed E-state index contributed by atoms with van der Waals surface area (Å²) in [5.74, 6) is -7.56. The smallest absolute Gasteiger partial charge is 0.316 e. The number of phenolic OH excluding ortho intramolecular Hbond substituents is 1. The lowest BCUT2D eigenvalue weighted by atomic mass is 9.67. The fourth-order valence-electron chi connectivity index (χ4n) is 10.1. The summed E-state index contributed by atoms with van der Waals surface area (Å²) in [5, 5.41) is 24.6. The van der Waals surface area contributed by atoms with E-state index in [1.54, 1.807) is 27.7 Å². The molecule has 2 aromatic rings. The average Bonchev–Trinajstić information content (AvgIpc) is 3.24. The Bertz CT molecular complexity index is 2360. The van der Waals surface area contributed by atoms with Crippen LogP contribution in [0.2, 0.25) is 0 Å². The first-order valence-corrected chi connectivity index (χ1v) is 22.7. The molecular weight excluding hydrogens is 895 g/mol. The SMILES string of the molecule is CCC1(O)CC(OC2CC(N(C)C)C(OC3CC(OC(C)=O)C(OC4CCC(=O)C(C)O4)C(C)O3)C(C)O2)c2c(cc3c(c2O)C(=O)c2c(OC(C)=O)cc(OC(C)=O)cc2C3=O)C1C(=O)OC. The van der Waals surface area contributed by atoms with Gasteiger partial charge in [-0.3, -0.25) is 33.6 Å². The minimum absolute atomic E-state index is 0.0121. The Morgan fingerprint density at radius 2 is 1.43 bits per heavy atom. The average molecular weight is 954 g/mol. The second-order valence-corrected chi connectivity index (χ2v) is 18.2. The molecule has 20 heteroatoms.